The number of amides is 1. The Morgan fingerprint density at radius 3 is 2.57 bits per heavy atom. The van der Waals surface area contributed by atoms with E-state index in [-0.39, 0.29) is 17.8 Å². The maximum Gasteiger partial charge on any atom is 0.294 e. The van der Waals surface area contributed by atoms with Crippen LogP contribution >= 0.6 is 0 Å². The predicted octanol–water partition coefficient (Wildman–Crippen LogP) is 2.81. The second-order valence-corrected chi connectivity index (χ2v) is 5.14. The van der Waals surface area contributed by atoms with E-state index in [1.807, 2.05) is 49.1 Å². The first-order valence-electron chi connectivity index (χ1n) is 7.41. The second kappa shape index (κ2) is 7.02. The summed E-state index contributed by atoms with van der Waals surface area (Å²) in [6.45, 7) is 6.68. The zero-order chi connectivity index (χ0) is 15.2. The van der Waals surface area contributed by atoms with E-state index in [9.17, 15) is 4.79 Å². The van der Waals surface area contributed by atoms with E-state index in [1.165, 1.54) is 0 Å². The van der Waals surface area contributed by atoms with Gasteiger partial charge in [0, 0.05) is 19.0 Å². The normalized spacial score (nSPS) is 12.1. The van der Waals surface area contributed by atoms with Gasteiger partial charge in [0.05, 0.1) is 0 Å². The molecule has 0 radical (unpaired) electrons. The number of carbonyl (C=O) groups excluding carboxylic acids is 1. The van der Waals surface area contributed by atoms with Crippen LogP contribution in [-0.2, 0) is 13.0 Å². The maximum atomic E-state index is 12.7. The van der Waals surface area contributed by atoms with E-state index in [4.69, 9.17) is 0 Å². The molecule has 0 aliphatic heterocycles. The molecule has 5 nitrogen and oxygen atoms in total. The van der Waals surface area contributed by atoms with Gasteiger partial charge < -0.3 is 4.90 Å². The van der Waals surface area contributed by atoms with Crippen LogP contribution in [0.15, 0.2) is 30.3 Å². The number of benzene rings is 1. The molecule has 2 aromatic rings. The van der Waals surface area contributed by atoms with Crippen molar-refractivity contribution >= 4 is 5.91 Å². The number of aromatic amines is 1. The molecule has 0 saturated carbocycles. The van der Waals surface area contributed by atoms with E-state index in [0.717, 1.165) is 24.2 Å². The van der Waals surface area contributed by atoms with Gasteiger partial charge in [-0.1, -0.05) is 44.2 Å². The van der Waals surface area contributed by atoms with Crippen molar-refractivity contribution in [3.8, 4) is 0 Å². The van der Waals surface area contributed by atoms with Crippen LogP contribution in [0.2, 0.25) is 0 Å². The van der Waals surface area contributed by atoms with Crippen LogP contribution in [0.25, 0.3) is 0 Å². The lowest BCUT2D eigenvalue weighted by molar-refractivity contribution is 0.0659. The first kappa shape index (κ1) is 15.2. The third-order valence-corrected chi connectivity index (χ3v) is 3.64. The van der Waals surface area contributed by atoms with Gasteiger partial charge in [0.1, 0.15) is 5.82 Å². The van der Waals surface area contributed by atoms with Gasteiger partial charge in [0.2, 0.25) is 5.82 Å². The number of nitrogens with one attached hydrogen (secondary N) is 1. The van der Waals surface area contributed by atoms with Gasteiger partial charge in [0.25, 0.3) is 5.91 Å². The minimum absolute atomic E-state index is 0.121. The Morgan fingerprint density at radius 1 is 1.29 bits per heavy atom. The summed E-state index contributed by atoms with van der Waals surface area (Å²) >= 11 is 0. The lowest BCUT2D eigenvalue weighted by Crippen LogP contribution is -2.38. The number of aryl methyl sites for hydroxylation is 1. The molecule has 0 fully saturated rings. The molecule has 1 N–H and O–H groups in total. The van der Waals surface area contributed by atoms with Crippen LogP contribution in [0.4, 0.5) is 0 Å². The van der Waals surface area contributed by atoms with E-state index in [0.29, 0.717) is 6.54 Å². The predicted molar refractivity (Wildman–Crippen MR) is 81.8 cm³/mol. The van der Waals surface area contributed by atoms with Gasteiger partial charge in [0.15, 0.2) is 0 Å². The van der Waals surface area contributed by atoms with Crippen LogP contribution in [0, 0.1) is 0 Å². The Balaban J connectivity index is 2.21. The lowest BCUT2D eigenvalue weighted by Gasteiger charge is -2.27. The number of H-pyrrole nitrogens is 1. The Kier molecular flexibility index (Phi) is 5.09. The summed E-state index contributed by atoms with van der Waals surface area (Å²) in [6, 6.07) is 10.1. The zero-order valence-corrected chi connectivity index (χ0v) is 12.8. The zero-order valence-electron chi connectivity index (χ0n) is 12.8. The Labute approximate surface area is 125 Å². The van der Waals surface area contributed by atoms with Gasteiger partial charge in [-0.15, -0.1) is 5.10 Å². The van der Waals surface area contributed by atoms with Crippen LogP contribution in [0.5, 0.6) is 0 Å². The molecule has 1 heterocycles. The highest BCUT2D eigenvalue weighted by Gasteiger charge is 2.24. The highest BCUT2D eigenvalue weighted by Crippen LogP contribution is 2.13. The van der Waals surface area contributed by atoms with Crippen molar-refractivity contribution in [3.63, 3.8) is 0 Å². The van der Waals surface area contributed by atoms with Gasteiger partial charge in [-0.3, -0.25) is 9.89 Å². The van der Waals surface area contributed by atoms with Crippen molar-refractivity contribution in [1.29, 1.82) is 0 Å². The average Bonchev–Trinajstić information content (AvgIpc) is 3.01. The largest absolute Gasteiger partial charge is 0.329 e. The van der Waals surface area contributed by atoms with Crippen molar-refractivity contribution in [2.45, 2.75) is 46.2 Å². The molecule has 0 saturated heterocycles. The SMILES string of the molecule is CCc1nc(C(=O)N(Cc2ccccc2)C(C)CC)n[nH]1. The number of carbonyl (C=O) groups is 1. The molecule has 1 unspecified atom stereocenters. The van der Waals surface area contributed by atoms with Crippen LogP contribution in [0.3, 0.4) is 0 Å². The molecule has 2 rings (SSSR count). The Bertz CT molecular complexity index is 579. The van der Waals surface area contributed by atoms with Crippen LogP contribution in [0.1, 0.15) is 49.2 Å². The summed E-state index contributed by atoms with van der Waals surface area (Å²) in [7, 11) is 0. The molecule has 0 bridgehead atoms. The van der Waals surface area contributed by atoms with E-state index in [1.54, 1.807) is 0 Å². The molecule has 0 aliphatic rings. The van der Waals surface area contributed by atoms with E-state index < -0.39 is 0 Å². The highest BCUT2D eigenvalue weighted by molar-refractivity contribution is 5.90. The van der Waals surface area contributed by atoms with Crippen molar-refractivity contribution in [3.05, 3.63) is 47.5 Å². The van der Waals surface area contributed by atoms with Gasteiger partial charge in [-0.2, -0.15) is 0 Å². The quantitative estimate of drug-likeness (QED) is 0.888. The topological polar surface area (TPSA) is 61.9 Å². The fourth-order valence-corrected chi connectivity index (χ4v) is 2.11. The molecule has 0 spiro atoms. The molecule has 1 aromatic heterocycles. The fraction of sp³-hybridized carbons (Fsp3) is 0.438. The van der Waals surface area contributed by atoms with E-state index in [2.05, 4.69) is 22.1 Å². The molecular formula is C16H22N4O. The van der Waals surface area contributed by atoms with Crippen molar-refractivity contribution in [1.82, 2.24) is 20.1 Å². The number of rotatable bonds is 6. The summed E-state index contributed by atoms with van der Waals surface area (Å²) in [4.78, 5) is 18.7. The summed E-state index contributed by atoms with van der Waals surface area (Å²) in [5.74, 6) is 0.870. The molecule has 0 aliphatic carbocycles. The fourth-order valence-electron chi connectivity index (χ4n) is 2.11. The summed E-state index contributed by atoms with van der Waals surface area (Å²) in [5, 5.41) is 6.84. The van der Waals surface area contributed by atoms with Crippen molar-refractivity contribution < 1.29 is 4.79 Å². The van der Waals surface area contributed by atoms with Crippen LogP contribution in [-0.4, -0.2) is 32.0 Å². The van der Waals surface area contributed by atoms with Gasteiger partial charge in [-0.05, 0) is 18.9 Å². The first-order valence-corrected chi connectivity index (χ1v) is 7.41. The number of nitrogens with zero attached hydrogens (tertiary/aromatic N) is 3. The monoisotopic (exact) mass is 286 g/mol. The lowest BCUT2D eigenvalue weighted by atomic mass is 10.1. The van der Waals surface area contributed by atoms with Crippen LogP contribution < -0.4 is 0 Å². The number of aromatic nitrogens is 3. The highest BCUT2D eigenvalue weighted by atomic mass is 16.2. The number of hydrogen-bond acceptors (Lipinski definition) is 3. The summed E-state index contributed by atoms with van der Waals surface area (Å²) in [6.07, 6.45) is 1.63. The third-order valence-electron chi connectivity index (χ3n) is 3.64. The minimum atomic E-state index is -0.121. The number of hydrogen-bond donors (Lipinski definition) is 1. The second-order valence-electron chi connectivity index (χ2n) is 5.14. The standard InChI is InChI=1S/C16H22N4O/c1-4-12(3)20(11-13-9-7-6-8-10-13)16(21)15-17-14(5-2)18-19-15/h6-10,12H,4-5,11H2,1-3H3,(H,17,18,19). The first-order chi connectivity index (χ1) is 10.2. The molecule has 1 atom stereocenters. The minimum Gasteiger partial charge on any atom is -0.329 e. The third kappa shape index (κ3) is 3.68. The van der Waals surface area contributed by atoms with Gasteiger partial charge >= 0.3 is 0 Å². The molecule has 1 amide bonds. The molecule has 1 aromatic carbocycles. The Hall–Kier alpha value is -2.17. The summed E-state index contributed by atoms with van der Waals surface area (Å²) in [5.41, 5.74) is 1.11. The molecule has 21 heavy (non-hydrogen) atoms. The maximum absolute atomic E-state index is 12.7. The average molecular weight is 286 g/mol. The van der Waals surface area contributed by atoms with Crippen molar-refractivity contribution in [2.24, 2.45) is 0 Å². The Morgan fingerprint density at radius 2 is 2.00 bits per heavy atom. The molecule has 112 valence electrons. The molecule has 5 heteroatoms. The summed E-state index contributed by atoms with van der Waals surface area (Å²) < 4.78 is 0. The van der Waals surface area contributed by atoms with Crippen molar-refractivity contribution in [2.75, 3.05) is 0 Å². The smallest absolute Gasteiger partial charge is 0.294 e. The van der Waals surface area contributed by atoms with Gasteiger partial charge in [-0.25, -0.2) is 4.98 Å². The molecular weight excluding hydrogens is 264 g/mol. The van der Waals surface area contributed by atoms with E-state index >= 15 is 0 Å².